The van der Waals surface area contributed by atoms with Crippen molar-refractivity contribution in [3.63, 3.8) is 0 Å². The minimum Gasteiger partial charge on any atom is -0.452 e. The molecule has 4 rings (SSSR count). The minimum absolute atomic E-state index is 0.137. The lowest BCUT2D eigenvalue weighted by Crippen LogP contribution is -2.41. The highest BCUT2D eigenvalue weighted by Crippen LogP contribution is 2.31. The highest BCUT2D eigenvalue weighted by molar-refractivity contribution is 6.05. The molecule has 8 heteroatoms. The first-order chi connectivity index (χ1) is 16.8. The van der Waals surface area contributed by atoms with Gasteiger partial charge in [0.15, 0.2) is 6.61 Å². The van der Waals surface area contributed by atoms with Gasteiger partial charge in [0.1, 0.15) is 5.75 Å². The Bertz CT molecular complexity index is 1270. The van der Waals surface area contributed by atoms with Gasteiger partial charge in [-0.15, -0.1) is 0 Å². The molecule has 1 aliphatic rings. The van der Waals surface area contributed by atoms with Gasteiger partial charge >= 0.3 is 11.9 Å². The number of fused-ring (bicyclic) bond motifs is 1. The molecule has 1 atom stereocenters. The fourth-order valence-electron chi connectivity index (χ4n) is 3.93. The fraction of sp³-hybridized carbons (Fsp3) is 0.185. The van der Waals surface area contributed by atoms with E-state index in [-0.39, 0.29) is 12.3 Å². The van der Waals surface area contributed by atoms with E-state index >= 15 is 0 Å². The van der Waals surface area contributed by atoms with Crippen LogP contribution in [0, 0.1) is 0 Å². The summed E-state index contributed by atoms with van der Waals surface area (Å²) < 4.78 is 10.3. The molecule has 0 aliphatic carbocycles. The molecule has 0 radical (unpaired) electrons. The molecule has 3 aromatic carbocycles. The van der Waals surface area contributed by atoms with Crippen LogP contribution in [0.4, 0.5) is 11.4 Å². The number of nitrogens with one attached hydrogen (secondary N) is 1. The average molecular weight is 472 g/mol. The van der Waals surface area contributed by atoms with E-state index in [1.165, 1.54) is 11.8 Å². The lowest BCUT2D eigenvalue weighted by molar-refractivity contribution is -0.132. The molecule has 8 nitrogen and oxygen atoms in total. The molecule has 0 fully saturated rings. The fourth-order valence-corrected chi connectivity index (χ4v) is 3.93. The summed E-state index contributed by atoms with van der Waals surface area (Å²) in [5.74, 6) is -1.16. The number of nitrogens with zero attached hydrogens (tertiary/aromatic N) is 1. The maximum atomic E-state index is 13.0. The van der Waals surface area contributed by atoms with Crippen LogP contribution in [0.1, 0.15) is 30.6 Å². The Morgan fingerprint density at radius 1 is 0.943 bits per heavy atom. The van der Waals surface area contributed by atoms with Gasteiger partial charge in [0, 0.05) is 19.4 Å². The van der Waals surface area contributed by atoms with Crippen LogP contribution in [0.25, 0.3) is 11.1 Å². The third-order valence-electron chi connectivity index (χ3n) is 5.52. The van der Waals surface area contributed by atoms with E-state index in [4.69, 9.17) is 9.47 Å². The SMILES string of the molecule is CC(=O)Oc1ccc(-c2ccc(C(=O)OCC(=O)N3c4ccccc4NC(=O)C[C@@H]3C)cc2)cc1. The second-order valence-corrected chi connectivity index (χ2v) is 8.15. The molecule has 0 saturated heterocycles. The maximum Gasteiger partial charge on any atom is 0.338 e. The first-order valence-corrected chi connectivity index (χ1v) is 11.1. The Balaban J connectivity index is 1.41. The predicted octanol–water partition coefficient (Wildman–Crippen LogP) is 4.20. The number of amides is 2. The summed E-state index contributed by atoms with van der Waals surface area (Å²) in [6, 6.07) is 20.4. The van der Waals surface area contributed by atoms with Gasteiger partial charge in [0.2, 0.25) is 5.91 Å². The van der Waals surface area contributed by atoms with Crippen molar-refractivity contribution in [1.29, 1.82) is 0 Å². The van der Waals surface area contributed by atoms with Crippen molar-refractivity contribution >= 4 is 35.1 Å². The number of ether oxygens (including phenoxy) is 2. The molecule has 0 saturated carbocycles. The molecule has 178 valence electrons. The van der Waals surface area contributed by atoms with Gasteiger partial charge in [-0.2, -0.15) is 0 Å². The Labute approximate surface area is 202 Å². The third kappa shape index (κ3) is 5.55. The smallest absolute Gasteiger partial charge is 0.338 e. The van der Waals surface area contributed by atoms with Crippen LogP contribution in [-0.4, -0.2) is 36.4 Å². The van der Waals surface area contributed by atoms with E-state index in [9.17, 15) is 19.2 Å². The lowest BCUT2D eigenvalue weighted by atomic mass is 10.0. The van der Waals surface area contributed by atoms with Gasteiger partial charge in [-0.05, 0) is 54.4 Å². The number of carbonyl (C=O) groups is 4. The summed E-state index contributed by atoms with van der Waals surface area (Å²) in [5, 5.41) is 2.80. The Morgan fingerprint density at radius 3 is 2.23 bits per heavy atom. The molecule has 1 N–H and O–H groups in total. The largest absolute Gasteiger partial charge is 0.452 e. The van der Waals surface area contributed by atoms with E-state index in [1.807, 2.05) is 12.1 Å². The summed E-state index contributed by atoms with van der Waals surface area (Å²) in [7, 11) is 0. The van der Waals surface area contributed by atoms with Crippen molar-refractivity contribution in [3.05, 3.63) is 78.4 Å². The van der Waals surface area contributed by atoms with Gasteiger partial charge in [-0.1, -0.05) is 36.4 Å². The molecule has 1 heterocycles. The van der Waals surface area contributed by atoms with Crippen molar-refractivity contribution in [2.24, 2.45) is 0 Å². The molecule has 1 aliphatic heterocycles. The predicted molar refractivity (Wildman–Crippen MR) is 130 cm³/mol. The normalized spacial score (nSPS) is 14.9. The number of benzene rings is 3. The standard InChI is InChI=1S/C27H24N2O6/c1-17-15-25(31)28-23-5-3-4-6-24(23)29(17)26(32)16-34-27(33)21-9-7-19(8-10-21)20-11-13-22(14-12-20)35-18(2)30/h3-14,17H,15-16H2,1-2H3,(H,28,31)/t17-/m0/s1. The number of para-hydroxylation sites is 2. The first kappa shape index (κ1) is 23.7. The molecule has 3 aromatic rings. The van der Waals surface area contributed by atoms with E-state index in [0.717, 1.165) is 11.1 Å². The molecular weight excluding hydrogens is 448 g/mol. The Kier molecular flexibility index (Phi) is 6.91. The molecule has 0 spiro atoms. The minimum atomic E-state index is -0.625. The van der Waals surface area contributed by atoms with Crippen LogP contribution in [0.15, 0.2) is 72.8 Å². The van der Waals surface area contributed by atoms with Crippen molar-refractivity contribution < 1.29 is 28.7 Å². The number of hydrogen-bond donors (Lipinski definition) is 1. The highest BCUT2D eigenvalue weighted by atomic mass is 16.5. The van der Waals surface area contributed by atoms with Crippen LogP contribution in [0.2, 0.25) is 0 Å². The zero-order valence-electron chi connectivity index (χ0n) is 19.3. The highest BCUT2D eigenvalue weighted by Gasteiger charge is 2.30. The second kappa shape index (κ2) is 10.2. The van der Waals surface area contributed by atoms with Gasteiger partial charge in [-0.25, -0.2) is 4.79 Å². The average Bonchev–Trinajstić information content (AvgIpc) is 2.96. The zero-order valence-corrected chi connectivity index (χ0v) is 19.3. The third-order valence-corrected chi connectivity index (χ3v) is 5.52. The van der Waals surface area contributed by atoms with Gasteiger partial charge in [-0.3, -0.25) is 14.4 Å². The number of hydrogen-bond acceptors (Lipinski definition) is 6. The number of anilines is 2. The van der Waals surface area contributed by atoms with E-state index in [0.29, 0.717) is 22.7 Å². The monoisotopic (exact) mass is 472 g/mol. The zero-order chi connectivity index (χ0) is 24.9. The van der Waals surface area contributed by atoms with Crippen LogP contribution in [0.5, 0.6) is 5.75 Å². The summed E-state index contributed by atoms with van der Waals surface area (Å²) in [4.78, 5) is 50.2. The van der Waals surface area contributed by atoms with Crippen LogP contribution >= 0.6 is 0 Å². The maximum absolute atomic E-state index is 13.0. The number of rotatable bonds is 5. The van der Waals surface area contributed by atoms with E-state index in [2.05, 4.69) is 5.32 Å². The Hall–Kier alpha value is -4.46. The van der Waals surface area contributed by atoms with Crippen molar-refractivity contribution in [2.75, 3.05) is 16.8 Å². The summed E-state index contributed by atoms with van der Waals surface area (Å²) in [6.07, 6.45) is 0.137. The molecule has 0 bridgehead atoms. The van der Waals surface area contributed by atoms with Crippen molar-refractivity contribution in [3.8, 4) is 16.9 Å². The summed E-state index contributed by atoms with van der Waals surface area (Å²) in [5.41, 5.74) is 3.15. The lowest BCUT2D eigenvalue weighted by Gasteiger charge is -2.27. The summed E-state index contributed by atoms with van der Waals surface area (Å²) >= 11 is 0. The topological polar surface area (TPSA) is 102 Å². The number of esters is 2. The van der Waals surface area contributed by atoms with Crippen LogP contribution in [0.3, 0.4) is 0 Å². The van der Waals surface area contributed by atoms with E-state index < -0.39 is 30.5 Å². The molecular formula is C27H24N2O6. The van der Waals surface area contributed by atoms with Crippen LogP contribution in [-0.2, 0) is 19.1 Å². The molecule has 0 unspecified atom stereocenters. The molecule has 0 aromatic heterocycles. The van der Waals surface area contributed by atoms with Crippen molar-refractivity contribution in [2.45, 2.75) is 26.3 Å². The van der Waals surface area contributed by atoms with Crippen molar-refractivity contribution in [1.82, 2.24) is 0 Å². The Morgan fingerprint density at radius 2 is 1.57 bits per heavy atom. The molecule has 2 amide bonds. The molecule has 35 heavy (non-hydrogen) atoms. The van der Waals surface area contributed by atoms with Crippen LogP contribution < -0.4 is 15.0 Å². The van der Waals surface area contributed by atoms with Gasteiger partial charge in [0.05, 0.1) is 16.9 Å². The van der Waals surface area contributed by atoms with E-state index in [1.54, 1.807) is 67.6 Å². The quantitative estimate of drug-likeness (QED) is 0.441. The second-order valence-electron chi connectivity index (χ2n) is 8.15. The first-order valence-electron chi connectivity index (χ1n) is 11.1. The summed E-state index contributed by atoms with van der Waals surface area (Å²) in [6.45, 7) is 2.66. The van der Waals surface area contributed by atoms with Gasteiger partial charge in [0.25, 0.3) is 5.91 Å². The van der Waals surface area contributed by atoms with Gasteiger partial charge < -0.3 is 19.7 Å². The number of carbonyl (C=O) groups excluding carboxylic acids is 4.